The zero-order valence-electron chi connectivity index (χ0n) is 16.3. The second kappa shape index (κ2) is 10.3. The topological polar surface area (TPSA) is 40.1 Å². The summed E-state index contributed by atoms with van der Waals surface area (Å²) in [5.41, 5.74) is 1.18. The largest absolute Gasteiger partial charge is 0.492 e. The Morgan fingerprint density at radius 2 is 2.24 bits per heavy atom. The highest BCUT2D eigenvalue weighted by atomic mass is 16.5. The van der Waals surface area contributed by atoms with E-state index in [1.165, 1.54) is 18.4 Å². The molecule has 0 amide bonds. The quantitative estimate of drug-likeness (QED) is 0.609. The highest BCUT2D eigenvalue weighted by Crippen LogP contribution is 2.17. The number of likely N-dealkylation sites (N-methyl/N-ethyl adjacent to an activating group) is 1. The van der Waals surface area contributed by atoms with Crippen LogP contribution in [0.25, 0.3) is 0 Å². The van der Waals surface area contributed by atoms with Gasteiger partial charge in [0.1, 0.15) is 12.4 Å². The number of guanidine groups is 1. The lowest BCUT2D eigenvalue weighted by atomic mass is 10.0. The Morgan fingerprint density at radius 3 is 2.96 bits per heavy atom. The van der Waals surface area contributed by atoms with Gasteiger partial charge in [0.15, 0.2) is 5.96 Å². The molecule has 5 nitrogen and oxygen atoms in total. The first kappa shape index (κ1) is 19.6. The van der Waals surface area contributed by atoms with E-state index in [9.17, 15) is 0 Å². The molecule has 0 bridgehead atoms. The Bertz CT molecular complexity index is 544. The first-order valence-corrected chi connectivity index (χ1v) is 9.48. The highest BCUT2D eigenvalue weighted by Gasteiger charge is 2.18. The molecule has 1 saturated heterocycles. The third kappa shape index (κ3) is 6.94. The van der Waals surface area contributed by atoms with Crippen molar-refractivity contribution in [3.05, 3.63) is 29.8 Å². The number of nitrogens with zero attached hydrogens (tertiary/aromatic N) is 3. The molecule has 1 fully saturated rings. The van der Waals surface area contributed by atoms with Gasteiger partial charge in [-0.1, -0.05) is 19.1 Å². The molecule has 1 N–H and O–H groups in total. The highest BCUT2D eigenvalue weighted by molar-refractivity contribution is 5.80. The fraction of sp³-hybridized carbons (Fsp3) is 0.650. The van der Waals surface area contributed by atoms with Crippen LogP contribution in [0.15, 0.2) is 29.3 Å². The first-order chi connectivity index (χ1) is 12.1. The fourth-order valence-electron chi connectivity index (χ4n) is 3.05. The summed E-state index contributed by atoms with van der Waals surface area (Å²) < 4.78 is 5.83. The van der Waals surface area contributed by atoms with Crippen LogP contribution in [0.1, 0.15) is 32.3 Å². The van der Waals surface area contributed by atoms with Crippen molar-refractivity contribution < 1.29 is 4.74 Å². The second-order valence-electron chi connectivity index (χ2n) is 7.16. The number of nitrogens with one attached hydrogen (secondary N) is 1. The molecule has 25 heavy (non-hydrogen) atoms. The molecule has 1 aromatic carbocycles. The molecule has 1 aliphatic heterocycles. The summed E-state index contributed by atoms with van der Waals surface area (Å²) in [6, 6.07) is 8.28. The molecule has 5 heteroatoms. The van der Waals surface area contributed by atoms with Gasteiger partial charge in [0.05, 0.1) is 6.54 Å². The van der Waals surface area contributed by atoms with Crippen LogP contribution in [0.2, 0.25) is 0 Å². The average molecular weight is 347 g/mol. The average Bonchev–Trinajstić information content (AvgIpc) is 2.58. The maximum atomic E-state index is 5.83. The lowest BCUT2D eigenvalue weighted by Gasteiger charge is -2.33. The minimum absolute atomic E-state index is 0.679. The number of hydrogen-bond acceptors (Lipinski definition) is 3. The Kier molecular flexibility index (Phi) is 8.06. The summed E-state index contributed by atoms with van der Waals surface area (Å²) in [4.78, 5) is 9.38. The van der Waals surface area contributed by atoms with E-state index >= 15 is 0 Å². The van der Waals surface area contributed by atoms with Gasteiger partial charge in [0.25, 0.3) is 0 Å². The molecule has 0 saturated carbocycles. The summed E-state index contributed by atoms with van der Waals surface area (Å²) in [6.07, 6.45) is 2.57. The van der Waals surface area contributed by atoms with E-state index in [-0.39, 0.29) is 0 Å². The third-order valence-corrected chi connectivity index (χ3v) is 4.41. The van der Waals surface area contributed by atoms with Crippen molar-refractivity contribution >= 4 is 5.96 Å². The summed E-state index contributed by atoms with van der Waals surface area (Å²) in [6.45, 7) is 9.85. The summed E-state index contributed by atoms with van der Waals surface area (Å²) in [5.74, 6) is 2.70. The molecule has 1 aromatic rings. The van der Waals surface area contributed by atoms with Crippen molar-refractivity contribution in [1.82, 2.24) is 15.1 Å². The zero-order chi connectivity index (χ0) is 18.1. The maximum absolute atomic E-state index is 5.83. The van der Waals surface area contributed by atoms with E-state index in [1.54, 1.807) is 0 Å². The van der Waals surface area contributed by atoms with E-state index in [0.29, 0.717) is 13.2 Å². The first-order valence-electron chi connectivity index (χ1n) is 9.48. The molecule has 1 aliphatic rings. The second-order valence-corrected chi connectivity index (χ2v) is 7.16. The van der Waals surface area contributed by atoms with Crippen LogP contribution in [0.5, 0.6) is 5.75 Å². The molecular weight excluding hydrogens is 312 g/mol. The van der Waals surface area contributed by atoms with Crippen molar-refractivity contribution in [2.75, 3.05) is 46.9 Å². The smallest absolute Gasteiger partial charge is 0.194 e. The molecule has 0 radical (unpaired) electrons. The van der Waals surface area contributed by atoms with E-state index < -0.39 is 0 Å². The molecule has 140 valence electrons. The Labute approximate surface area is 153 Å². The molecule has 0 aromatic heterocycles. The molecule has 1 atom stereocenters. The van der Waals surface area contributed by atoms with Crippen molar-refractivity contribution in [3.63, 3.8) is 0 Å². The van der Waals surface area contributed by atoms with Crippen LogP contribution in [0, 0.1) is 5.92 Å². The van der Waals surface area contributed by atoms with Crippen LogP contribution in [-0.2, 0) is 6.54 Å². The predicted molar refractivity (Wildman–Crippen MR) is 105 cm³/mol. The van der Waals surface area contributed by atoms with Crippen LogP contribution in [0.4, 0.5) is 0 Å². The summed E-state index contributed by atoms with van der Waals surface area (Å²) in [7, 11) is 4.11. The molecule has 0 aliphatic carbocycles. The fourth-order valence-corrected chi connectivity index (χ4v) is 3.05. The molecule has 0 spiro atoms. The SMILES string of the molecule is CCNC(=NCc1cccc(OCCN(C)C)c1)N1CCCC(C)C1. The van der Waals surface area contributed by atoms with Crippen molar-refractivity contribution in [1.29, 1.82) is 0 Å². The van der Waals surface area contributed by atoms with E-state index in [1.807, 2.05) is 12.1 Å². The predicted octanol–water partition coefficient (Wildman–Crippen LogP) is 2.82. The molecular formula is C20H34N4O. The Morgan fingerprint density at radius 1 is 1.40 bits per heavy atom. The van der Waals surface area contributed by atoms with E-state index in [2.05, 4.69) is 55.2 Å². The monoisotopic (exact) mass is 346 g/mol. The minimum Gasteiger partial charge on any atom is -0.492 e. The number of rotatable bonds is 7. The van der Waals surface area contributed by atoms with E-state index in [4.69, 9.17) is 9.73 Å². The van der Waals surface area contributed by atoms with Gasteiger partial charge in [-0.15, -0.1) is 0 Å². The van der Waals surface area contributed by atoms with Crippen molar-refractivity contribution in [2.24, 2.45) is 10.9 Å². The summed E-state index contributed by atoms with van der Waals surface area (Å²) >= 11 is 0. The molecule has 2 rings (SSSR count). The molecule has 1 unspecified atom stereocenters. The van der Waals surface area contributed by atoms with Gasteiger partial charge in [0, 0.05) is 26.2 Å². The van der Waals surface area contributed by atoms with Gasteiger partial charge in [-0.05, 0) is 57.5 Å². The number of ether oxygens (including phenoxy) is 1. The number of piperidine rings is 1. The normalized spacial score (nSPS) is 18.5. The number of likely N-dealkylation sites (tertiary alicyclic amines) is 1. The Hall–Kier alpha value is -1.75. The Balaban J connectivity index is 1.97. The van der Waals surface area contributed by atoms with Gasteiger partial charge >= 0.3 is 0 Å². The van der Waals surface area contributed by atoms with Gasteiger partial charge in [-0.2, -0.15) is 0 Å². The van der Waals surface area contributed by atoms with Crippen LogP contribution in [0.3, 0.4) is 0 Å². The number of benzene rings is 1. The van der Waals surface area contributed by atoms with Gasteiger partial charge in [-0.25, -0.2) is 4.99 Å². The van der Waals surface area contributed by atoms with Crippen molar-refractivity contribution in [2.45, 2.75) is 33.2 Å². The third-order valence-electron chi connectivity index (χ3n) is 4.41. The van der Waals surface area contributed by atoms with Crippen LogP contribution < -0.4 is 10.1 Å². The van der Waals surface area contributed by atoms with E-state index in [0.717, 1.165) is 43.8 Å². The standard InChI is InChI=1S/C20H34N4O/c1-5-21-20(24-11-7-8-17(2)16-24)22-15-18-9-6-10-19(14-18)25-13-12-23(3)4/h6,9-10,14,17H,5,7-8,11-13,15-16H2,1-4H3,(H,21,22). The lowest BCUT2D eigenvalue weighted by molar-refractivity contribution is 0.261. The maximum Gasteiger partial charge on any atom is 0.194 e. The zero-order valence-corrected chi connectivity index (χ0v) is 16.3. The van der Waals surface area contributed by atoms with Gasteiger partial charge < -0.3 is 19.9 Å². The number of aliphatic imine (C=N–C) groups is 1. The summed E-state index contributed by atoms with van der Waals surface area (Å²) in [5, 5.41) is 3.44. The molecule has 1 heterocycles. The lowest BCUT2D eigenvalue weighted by Crippen LogP contribution is -2.46. The van der Waals surface area contributed by atoms with Gasteiger partial charge in [0.2, 0.25) is 0 Å². The minimum atomic E-state index is 0.679. The van der Waals surface area contributed by atoms with Crippen LogP contribution >= 0.6 is 0 Å². The van der Waals surface area contributed by atoms with Crippen LogP contribution in [-0.4, -0.2) is 62.6 Å². The van der Waals surface area contributed by atoms with Gasteiger partial charge in [-0.3, -0.25) is 0 Å². The van der Waals surface area contributed by atoms with Crippen molar-refractivity contribution in [3.8, 4) is 5.75 Å². The number of hydrogen-bond donors (Lipinski definition) is 1.